The molecule has 4 heteroatoms. The van der Waals surface area contributed by atoms with Gasteiger partial charge in [0.2, 0.25) is 0 Å². The standard InChI is InChI=1S/C17H21N3O/c1-2-4-15-12(3-1)5-8-21-16(15)11-20-14-9-13(10-14)17-18-6-7-19-17/h1-4,6-7,13-14,16,20H,5,8-11H2,(H,18,19). The number of imidazole rings is 1. The zero-order valence-electron chi connectivity index (χ0n) is 12.1. The van der Waals surface area contributed by atoms with Crippen LogP contribution >= 0.6 is 0 Å². The first kappa shape index (κ1) is 13.0. The first-order valence-corrected chi connectivity index (χ1v) is 7.82. The second kappa shape index (κ2) is 5.62. The summed E-state index contributed by atoms with van der Waals surface area (Å²) in [5.41, 5.74) is 2.80. The molecule has 2 N–H and O–H groups in total. The van der Waals surface area contributed by atoms with E-state index in [0.717, 1.165) is 25.4 Å². The summed E-state index contributed by atoms with van der Waals surface area (Å²) in [5.74, 6) is 1.73. The number of hydrogen-bond acceptors (Lipinski definition) is 3. The van der Waals surface area contributed by atoms with Gasteiger partial charge in [0.25, 0.3) is 0 Å². The molecule has 0 spiro atoms. The van der Waals surface area contributed by atoms with Crippen LogP contribution in [0.25, 0.3) is 0 Å². The third kappa shape index (κ3) is 2.61. The average Bonchev–Trinajstić information content (AvgIpc) is 3.00. The molecule has 2 aromatic rings. The van der Waals surface area contributed by atoms with Crippen molar-refractivity contribution in [3.8, 4) is 0 Å². The van der Waals surface area contributed by atoms with Crippen molar-refractivity contribution in [2.45, 2.75) is 37.3 Å². The number of aromatic amines is 1. The van der Waals surface area contributed by atoms with Crippen molar-refractivity contribution >= 4 is 0 Å². The van der Waals surface area contributed by atoms with Crippen LogP contribution in [0.1, 0.15) is 41.8 Å². The maximum atomic E-state index is 5.94. The number of fused-ring (bicyclic) bond motifs is 1. The minimum Gasteiger partial charge on any atom is -0.372 e. The van der Waals surface area contributed by atoms with Crippen LogP contribution in [0.5, 0.6) is 0 Å². The summed E-state index contributed by atoms with van der Waals surface area (Å²) in [6.07, 6.45) is 7.32. The van der Waals surface area contributed by atoms with Crippen LogP contribution in [-0.4, -0.2) is 29.2 Å². The SMILES string of the molecule is c1ccc2c(c1)CCOC2CNC1CC(c2ncc[nH]2)C1. The Kier molecular flexibility index (Phi) is 3.49. The van der Waals surface area contributed by atoms with Crippen LogP contribution in [0, 0.1) is 0 Å². The van der Waals surface area contributed by atoms with Crippen molar-refractivity contribution < 1.29 is 4.74 Å². The Bertz CT molecular complexity index is 590. The van der Waals surface area contributed by atoms with Gasteiger partial charge >= 0.3 is 0 Å². The van der Waals surface area contributed by atoms with E-state index in [9.17, 15) is 0 Å². The largest absolute Gasteiger partial charge is 0.372 e. The highest BCUT2D eigenvalue weighted by Crippen LogP contribution is 2.35. The minimum atomic E-state index is 0.206. The molecular weight excluding hydrogens is 262 g/mol. The molecule has 1 saturated carbocycles. The Labute approximate surface area is 124 Å². The van der Waals surface area contributed by atoms with Gasteiger partial charge in [0, 0.05) is 30.9 Å². The van der Waals surface area contributed by atoms with Crippen molar-refractivity contribution in [3.63, 3.8) is 0 Å². The first-order chi connectivity index (χ1) is 10.4. The molecule has 1 aliphatic heterocycles. The smallest absolute Gasteiger partial charge is 0.109 e. The molecule has 1 atom stereocenters. The quantitative estimate of drug-likeness (QED) is 0.906. The summed E-state index contributed by atoms with van der Waals surface area (Å²) >= 11 is 0. The first-order valence-electron chi connectivity index (χ1n) is 7.82. The Hall–Kier alpha value is -1.65. The third-order valence-corrected chi connectivity index (χ3v) is 4.73. The van der Waals surface area contributed by atoms with Crippen LogP contribution in [0.2, 0.25) is 0 Å². The number of nitrogens with one attached hydrogen (secondary N) is 2. The predicted molar refractivity (Wildman–Crippen MR) is 81.2 cm³/mol. The molecule has 1 aromatic heterocycles. The van der Waals surface area contributed by atoms with Gasteiger partial charge in [-0.15, -0.1) is 0 Å². The van der Waals surface area contributed by atoms with Gasteiger partial charge in [-0.1, -0.05) is 24.3 Å². The van der Waals surface area contributed by atoms with Crippen molar-refractivity contribution in [2.24, 2.45) is 0 Å². The summed E-state index contributed by atoms with van der Waals surface area (Å²) in [7, 11) is 0. The van der Waals surface area contributed by atoms with E-state index >= 15 is 0 Å². The molecule has 0 saturated heterocycles. The third-order valence-electron chi connectivity index (χ3n) is 4.73. The molecular formula is C17H21N3O. The zero-order chi connectivity index (χ0) is 14.1. The molecule has 110 valence electrons. The second-order valence-electron chi connectivity index (χ2n) is 6.06. The van der Waals surface area contributed by atoms with Gasteiger partial charge in [0.15, 0.2) is 0 Å². The van der Waals surface area contributed by atoms with E-state index in [1.807, 2.05) is 12.4 Å². The van der Waals surface area contributed by atoms with Gasteiger partial charge < -0.3 is 15.0 Å². The van der Waals surface area contributed by atoms with Crippen LogP contribution < -0.4 is 5.32 Å². The van der Waals surface area contributed by atoms with Crippen molar-refractivity contribution in [3.05, 3.63) is 53.6 Å². The molecule has 0 bridgehead atoms. The number of hydrogen-bond donors (Lipinski definition) is 2. The lowest BCUT2D eigenvalue weighted by atomic mass is 9.79. The highest BCUT2D eigenvalue weighted by atomic mass is 16.5. The van der Waals surface area contributed by atoms with Crippen LogP contribution in [-0.2, 0) is 11.2 Å². The predicted octanol–water partition coefficient (Wildman–Crippen LogP) is 2.56. The van der Waals surface area contributed by atoms with Crippen molar-refractivity contribution in [1.82, 2.24) is 15.3 Å². The molecule has 0 radical (unpaired) electrons. The Morgan fingerprint density at radius 2 is 2.19 bits per heavy atom. The topological polar surface area (TPSA) is 49.9 Å². The normalized spacial score (nSPS) is 27.9. The molecule has 4 nitrogen and oxygen atoms in total. The summed E-state index contributed by atoms with van der Waals surface area (Å²) in [5, 5.41) is 3.65. The van der Waals surface area contributed by atoms with Gasteiger partial charge in [-0.3, -0.25) is 0 Å². The van der Waals surface area contributed by atoms with E-state index in [4.69, 9.17) is 4.74 Å². The molecule has 1 fully saturated rings. The maximum absolute atomic E-state index is 5.94. The number of benzene rings is 1. The highest BCUT2D eigenvalue weighted by molar-refractivity contribution is 5.31. The number of H-pyrrole nitrogens is 1. The van der Waals surface area contributed by atoms with Gasteiger partial charge in [-0.25, -0.2) is 4.98 Å². The van der Waals surface area contributed by atoms with E-state index in [2.05, 4.69) is 39.6 Å². The fourth-order valence-electron chi connectivity index (χ4n) is 3.43. The van der Waals surface area contributed by atoms with Gasteiger partial charge in [-0.2, -0.15) is 0 Å². The maximum Gasteiger partial charge on any atom is 0.109 e. The summed E-state index contributed by atoms with van der Waals surface area (Å²) in [6, 6.07) is 9.25. The fraction of sp³-hybridized carbons (Fsp3) is 0.471. The van der Waals surface area contributed by atoms with Crippen molar-refractivity contribution in [2.75, 3.05) is 13.2 Å². The van der Waals surface area contributed by atoms with E-state index < -0.39 is 0 Å². The Morgan fingerprint density at radius 3 is 3.05 bits per heavy atom. The Morgan fingerprint density at radius 1 is 1.29 bits per heavy atom. The zero-order valence-corrected chi connectivity index (χ0v) is 12.1. The number of aromatic nitrogens is 2. The van der Waals surface area contributed by atoms with Gasteiger partial charge in [-0.05, 0) is 30.4 Å². The molecule has 1 unspecified atom stereocenters. The van der Waals surface area contributed by atoms with Crippen LogP contribution in [0.4, 0.5) is 0 Å². The molecule has 2 heterocycles. The van der Waals surface area contributed by atoms with Gasteiger partial charge in [0.05, 0.1) is 12.7 Å². The average molecular weight is 283 g/mol. The number of rotatable bonds is 4. The van der Waals surface area contributed by atoms with E-state index in [1.54, 1.807) is 0 Å². The highest BCUT2D eigenvalue weighted by Gasteiger charge is 2.32. The lowest BCUT2D eigenvalue weighted by Gasteiger charge is -2.36. The number of nitrogens with zero attached hydrogens (tertiary/aromatic N) is 1. The molecule has 4 rings (SSSR count). The molecule has 1 aromatic carbocycles. The Balaban J connectivity index is 1.31. The van der Waals surface area contributed by atoms with E-state index in [-0.39, 0.29) is 6.10 Å². The second-order valence-corrected chi connectivity index (χ2v) is 6.06. The summed E-state index contributed by atoms with van der Waals surface area (Å²) in [6.45, 7) is 1.75. The van der Waals surface area contributed by atoms with E-state index in [0.29, 0.717) is 12.0 Å². The molecule has 0 amide bonds. The molecule has 2 aliphatic rings. The molecule has 1 aliphatic carbocycles. The lowest BCUT2D eigenvalue weighted by Crippen LogP contribution is -2.43. The van der Waals surface area contributed by atoms with Crippen LogP contribution in [0.15, 0.2) is 36.7 Å². The monoisotopic (exact) mass is 283 g/mol. The summed E-state index contributed by atoms with van der Waals surface area (Å²) < 4.78 is 5.94. The van der Waals surface area contributed by atoms with E-state index in [1.165, 1.54) is 24.0 Å². The minimum absolute atomic E-state index is 0.206. The summed E-state index contributed by atoms with van der Waals surface area (Å²) in [4.78, 5) is 7.56. The molecule has 21 heavy (non-hydrogen) atoms. The van der Waals surface area contributed by atoms with Gasteiger partial charge in [0.1, 0.15) is 5.82 Å². The number of ether oxygens (including phenoxy) is 1. The van der Waals surface area contributed by atoms with Crippen LogP contribution in [0.3, 0.4) is 0 Å². The fourth-order valence-corrected chi connectivity index (χ4v) is 3.43. The van der Waals surface area contributed by atoms with Crippen molar-refractivity contribution in [1.29, 1.82) is 0 Å². The lowest BCUT2D eigenvalue weighted by molar-refractivity contribution is 0.0377.